The predicted molar refractivity (Wildman–Crippen MR) is 51.4 cm³/mol. The van der Waals surface area contributed by atoms with Gasteiger partial charge < -0.3 is 5.11 Å². The Labute approximate surface area is 77.7 Å². The van der Waals surface area contributed by atoms with E-state index in [1.807, 2.05) is 11.8 Å². The van der Waals surface area contributed by atoms with Crippen molar-refractivity contribution in [2.24, 2.45) is 5.92 Å². The molecule has 0 unspecified atom stereocenters. The fourth-order valence-corrected chi connectivity index (χ4v) is 2.58. The molecule has 12 heavy (non-hydrogen) atoms. The summed E-state index contributed by atoms with van der Waals surface area (Å²) in [5.74, 6) is 2.94. The third-order valence-corrected chi connectivity index (χ3v) is 3.31. The van der Waals surface area contributed by atoms with Crippen LogP contribution in [0.25, 0.3) is 0 Å². The molecule has 0 bridgehead atoms. The molecule has 2 nitrogen and oxygen atoms in total. The van der Waals surface area contributed by atoms with E-state index in [9.17, 15) is 4.79 Å². The van der Waals surface area contributed by atoms with E-state index in [2.05, 4.69) is 0 Å². The topological polar surface area (TPSA) is 37.3 Å². The monoisotopic (exact) mass is 188 g/mol. The molecule has 3 heteroatoms. The maximum Gasteiger partial charge on any atom is 0.136 e. The predicted octanol–water partition coefficient (Wildman–Crippen LogP) is 1.47. The lowest BCUT2D eigenvalue weighted by atomic mass is 9.95. The van der Waals surface area contributed by atoms with Crippen LogP contribution in [0.3, 0.4) is 0 Å². The number of Topliss-reactive ketones (excluding diaryl/α,β-unsaturated/α-hetero) is 1. The van der Waals surface area contributed by atoms with Crippen LogP contribution in [-0.2, 0) is 4.79 Å². The lowest BCUT2D eigenvalue weighted by Gasteiger charge is -2.19. The van der Waals surface area contributed by atoms with Crippen molar-refractivity contribution >= 4 is 17.5 Å². The molecule has 1 heterocycles. The Morgan fingerprint density at radius 1 is 1.42 bits per heavy atom. The number of aliphatic hydroxyl groups excluding tert-OH is 1. The molecular weight excluding hydrogens is 172 g/mol. The number of carbonyl (C=O) groups excluding carboxylic acids is 1. The van der Waals surface area contributed by atoms with E-state index in [0.29, 0.717) is 24.5 Å². The average molecular weight is 188 g/mol. The second-order valence-electron chi connectivity index (χ2n) is 3.18. The van der Waals surface area contributed by atoms with Gasteiger partial charge in [-0.25, -0.2) is 0 Å². The Balaban J connectivity index is 2.20. The fourth-order valence-electron chi connectivity index (χ4n) is 1.48. The first kappa shape index (κ1) is 10.1. The van der Waals surface area contributed by atoms with Gasteiger partial charge >= 0.3 is 0 Å². The van der Waals surface area contributed by atoms with Gasteiger partial charge in [0.2, 0.25) is 0 Å². The molecule has 1 N–H and O–H groups in total. The van der Waals surface area contributed by atoms with Gasteiger partial charge in [0.1, 0.15) is 5.78 Å². The molecule has 1 rings (SSSR count). The molecule has 0 aromatic carbocycles. The van der Waals surface area contributed by atoms with Crippen LogP contribution in [0.15, 0.2) is 0 Å². The van der Waals surface area contributed by atoms with Crippen molar-refractivity contribution in [1.82, 2.24) is 0 Å². The Morgan fingerprint density at radius 2 is 2.08 bits per heavy atom. The van der Waals surface area contributed by atoms with Crippen molar-refractivity contribution in [2.45, 2.75) is 25.7 Å². The van der Waals surface area contributed by atoms with Gasteiger partial charge in [-0.15, -0.1) is 0 Å². The number of hydrogen-bond donors (Lipinski definition) is 1. The first-order chi connectivity index (χ1) is 5.84. The maximum absolute atomic E-state index is 11.4. The quantitative estimate of drug-likeness (QED) is 0.726. The van der Waals surface area contributed by atoms with Crippen molar-refractivity contribution in [3.8, 4) is 0 Å². The van der Waals surface area contributed by atoms with E-state index in [-0.39, 0.29) is 6.61 Å². The largest absolute Gasteiger partial charge is 0.396 e. The summed E-state index contributed by atoms with van der Waals surface area (Å²) in [7, 11) is 0. The SMILES string of the molecule is O=C(CCCO)C1CCSCC1. The molecule has 0 atom stereocenters. The zero-order chi connectivity index (χ0) is 8.81. The smallest absolute Gasteiger partial charge is 0.136 e. The Kier molecular flexibility index (Phi) is 4.69. The molecule has 0 saturated carbocycles. The zero-order valence-corrected chi connectivity index (χ0v) is 8.11. The normalized spacial score (nSPS) is 19.4. The number of ketones is 1. The molecular formula is C9H16O2S. The number of aliphatic hydroxyl groups is 1. The second-order valence-corrected chi connectivity index (χ2v) is 4.40. The molecule has 0 aromatic heterocycles. The van der Waals surface area contributed by atoms with Gasteiger partial charge in [-0.05, 0) is 30.8 Å². The number of carbonyl (C=O) groups is 1. The van der Waals surface area contributed by atoms with Crippen LogP contribution in [0, 0.1) is 5.92 Å². The summed E-state index contributed by atoms with van der Waals surface area (Å²) >= 11 is 1.94. The maximum atomic E-state index is 11.4. The molecule has 1 saturated heterocycles. The minimum absolute atomic E-state index is 0.146. The molecule has 0 aliphatic carbocycles. The summed E-state index contributed by atoms with van der Waals surface area (Å²) in [6.07, 6.45) is 3.32. The van der Waals surface area contributed by atoms with Crippen LogP contribution in [-0.4, -0.2) is 29.0 Å². The highest BCUT2D eigenvalue weighted by Crippen LogP contribution is 2.24. The van der Waals surface area contributed by atoms with Crippen LogP contribution >= 0.6 is 11.8 Å². The molecule has 70 valence electrons. The van der Waals surface area contributed by atoms with Crippen molar-refractivity contribution in [2.75, 3.05) is 18.1 Å². The lowest BCUT2D eigenvalue weighted by Crippen LogP contribution is -2.19. The van der Waals surface area contributed by atoms with E-state index >= 15 is 0 Å². The van der Waals surface area contributed by atoms with Crippen molar-refractivity contribution < 1.29 is 9.90 Å². The third-order valence-electron chi connectivity index (χ3n) is 2.26. The van der Waals surface area contributed by atoms with Gasteiger partial charge in [-0.1, -0.05) is 0 Å². The highest BCUT2D eigenvalue weighted by atomic mass is 32.2. The Hall–Kier alpha value is -0.0200. The highest BCUT2D eigenvalue weighted by molar-refractivity contribution is 7.99. The minimum atomic E-state index is 0.146. The van der Waals surface area contributed by atoms with Gasteiger partial charge in [0.05, 0.1) is 0 Å². The summed E-state index contributed by atoms with van der Waals surface area (Å²) in [4.78, 5) is 11.4. The third kappa shape index (κ3) is 3.15. The molecule has 0 radical (unpaired) electrons. The van der Waals surface area contributed by atoms with E-state index in [1.165, 1.54) is 0 Å². The standard InChI is InChI=1S/C9H16O2S/c10-5-1-2-9(11)8-3-6-12-7-4-8/h8,10H,1-7H2. The summed E-state index contributed by atoms with van der Waals surface area (Å²) < 4.78 is 0. The average Bonchev–Trinajstić information content (AvgIpc) is 2.15. The van der Waals surface area contributed by atoms with Gasteiger partial charge in [-0.3, -0.25) is 4.79 Å². The van der Waals surface area contributed by atoms with Crippen LogP contribution in [0.2, 0.25) is 0 Å². The van der Waals surface area contributed by atoms with E-state index in [0.717, 1.165) is 24.3 Å². The number of hydrogen-bond acceptors (Lipinski definition) is 3. The molecule has 0 amide bonds. The summed E-state index contributed by atoms with van der Waals surface area (Å²) in [5, 5.41) is 8.56. The summed E-state index contributed by atoms with van der Waals surface area (Å²) in [6, 6.07) is 0. The van der Waals surface area contributed by atoms with E-state index in [4.69, 9.17) is 5.11 Å². The second kappa shape index (κ2) is 5.60. The van der Waals surface area contributed by atoms with Crippen LogP contribution in [0.5, 0.6) is 0 Å². The molecule has 1 aliphatic heterocycles. The highest BCUT2D eigenvalue weighted by Gasteiger charge is 2.20. The van der Waals surface area contributed by atoms with Crippen molar-refractivity contribution in [3.63, 3.8) is 0 Å². The minimum Gasteiger partial charge on any atom is -0.396 e. The van der Waals surface area contributed by atoms with Gasteiger partial charge in [0.25, 0.3) is 0 Å². The van der Waals surface area contributed by atoms with Crippen LogP contribution in [0.1, 0.15) is 25.7 Å². The van der Waals surface area contributed by atoms with Crippen molar-refractivity contribution in [3.05, 3.63) is 0 Å². The first-order valence-corrected chi connectivity index (χ1v) is 5.71. The molecule has 0 aromatic rings. The van der Waals surface area contributed by atoms with Crippen molar-refractivity contribution in [1.29, 1.82) is 0 Å². The fraction of sp³-hybridized carbons (Fsp3) is 0.889. The number of thioether (sulfide) groups is 1. The van der Waals surface area contributed by atoms with Gasteiger partial charge in [0.15, 0.2) is 0 Å². The summed E-state index contributed by atoms with van der Waals surface area (Å²) in [6.45, 7) is 0.146. The molecule has 1 fully saturated rings. The van der Waals surface area contributed by atoms with Gasteiger partial charge in [-0.2, -0.15) is 11.8 Å². The number of rotatable bonds is 4. The summed E-state index contributed by atoms with van der Waals surface area (Å²) in [5.41, 5.74) is 0. The van der Waals surface area contributed by atoms with Crippen LogP contribution < -0.4 is 0 Å². The van der Waals surface area contributed by atoms with E-state index in [1.54, 1.807) is 0 Å². The zero-order valence-electron chi connectivity index (χ0n) is 7.29. The molecule has 0 spiro atoms. The Morgan fingerprint density at radius 3 is 2.67 bits per heavy atom. The lowest BCUT2D eigenvalue weighted by molar-refractivity contribution is -0.123. The first-order valence-electron chi connectivity index (χ1n) is 4.56. The van der Waals surface area contributed by atoms with Crippen LogP contribution in [0.4, 0.5) is 0 Å². The Bertz CT molecular complexity index is 141. The van der Waals surface area contributed by atoms with Gasteiger partial charge in [0, 0.05) is 18.9 Å². The van der Waals surface area contributed by atoms with E-state index < -0.39 is 0 Å². The molecule has 1 aliphatic rings.